The summed E-state index contributed by atoms with van der Waals surface area (Å²) in [7, 11) is 2.26. The largest absolute Gasteiger partial charge is 0.316 e. The van der Waals surface area contributed by atoms with E-state index >= 15 is 0 Å². The molecule has 0 aromatic heterocycles. The number of nitrogens with one attached hydrogen (secondary N) is 1. The SMILES string of the molecule is CC(CCl)CNCCC1CCCCN1C. The van der Waals surface area contributed by atoms with Crippen molar-refractivity contribution in [3.63, 3.8) is 0 Å². The average molecular weight is 233 g/mol. The van der Waals surface area contributed by atoms with Crippen LogP contribution in [0.15, 0.2) is 0 Å². The number of alkyl halides is 1. The van der Waals surface area contributed by atoms with Gasteiger partial charge in [0.1, 0.15) is 0 Å². The normalized spacial score (nSPS) is 25.4. The van der Waals surface area contributed by atoms with Crippen LogP contribution in [-0.2, 0) is 0 Å². The van der Waals surface area contributed by atoms with Crippen LogP contribution in [0.1, 0.15) is 32.6 Å². The molecule has 2 nitrogen and oxygen atoms in total. The smallest absolute Gasteiger partial charge is 0.0261 e. The van der Waals surface area contributed by atoms with Crippen LogP contribution in [0.2, 0.25) is 0 Å². The molecule has 0 aromatic rings. The molecule has 0 radical (unpaired) electrons. The molecule has 0 aromatic carbocycles. The van der Waals surface area contributed by atoms with Gasteiger partial charge in [-0.25, -0.2) is 0 Å². The summed E-state index contributed by atoms with van der Waals surface area (Å²) in [6, 6.07) is 0.803. The van der Waals surface area contributed by atoms with Gasteiger partial charge in [-0.05, 0) is 51.9 Å². The fourth-order valence-corrected chi connectivity index (χ4v) is 2.29. The van der Waals surface area contributed by atoms with E-state index in [0.717, 1.165) is 25.0 Å². The Kier molecular flexibility index (Phi) is 6.62. The Balaban J connectivity index is 2.03. The molecular weight excluding hydrogens is 208 g/mol. The molecule has 15 heavy (non-hydrogen) atoms. The zero-order valence-electron chi connectivity index (χ0n) is 10.1. The minimum atomic E-state index is 0.593. The minimum absolute atomic E-state index is 0.593. The highest BCUT2D eigenvalue weighted by atomic mass is 35.5. The fourth-order valence-electron chi connectivity index (χ4n) is 2.18. The molecule has 90 valence electrons. The first kappa shape index (κ1) is 13.3. The van der Waals surface area contributed by atoms with Gasteiger partial charge in [0.15, 0.2) is 0 Å². The summed E-state index contributed by atoms with van der Waals surface area (Å²) in [5.74, 6) is 1.35. The second-order valence-corrected chi connectivity index (χ2v) is 5.19. The lowest BCUT2D eigenvalue weighted by Gasteiger charge is -2.32. The van der Waals surface area contributed by atoms with Gasteiger partial charge in [-0.2, -0.15) is 0 Å². The van der Waals surface area contributed by atoms with E-state index in [2.05, 4.69) is 24.2 Å². The third kappa shape index (κ3) is 5.19. The van der Waals surface area contributed by atoms with Crippen molar-refractivity contribution in [2.45, 2.75) is 38.6 Å². The van der Waals surface area contributed by atoms with Gasteiger partial charge in [0.05, 0.1) is 0 Å². The van der Waals surface area contributed by atoms with Crippen molar-refractivity contribution < 1.29 is 0 Å². The van der Waals surface area contributed by atoms with Crippen LogP contribution in [0.3, 0.4) is 0 Å². The molecule has 0 saturated carbocycles. The maximum atomic E-state index is 5.75. The second kappa shape index (κ2) is 7.48. The third-order valence-corrected chi connectivity index (χ3v) is 3.86. The number of hydrogen-bond donors (Lipinski definition) is 1. The Morgan fingerprint density at radius 1 is 1.47 bits per heavy atom. The number of hydrogen-bond acceptors (Lipinski definition) is 2. The Morgan fingerprint density at radius 2 is 2.27 bits per heavy atom. The Hall–Kier alpha value is 0.210. The van der Waals surface area contributed by atoms with Crippen LogP contribution < -0.4 is 5.32 Å². The average Bonchev–Trinajstić information content (AvgIpc) is 2.26. The van der Waals surface area contributed by atoms with E-state index < -0.39 is 0 Å². The van der Waals surface area contributed by atoms with Gasteiger partial charge in [0.2, 0.25) is 0 Å². The second-order valence-electron chi connectivity index (χ2n) is 4.88. The number of likely N-dealkylation sites (tertiary alicyclic amines) is 1. The zero-order chi connectivity index (χ0) is 11.1. The molecule has 3 heteroatoms. The van der Waals surface area contributed by atoms with Gasteiger partial charge in [0, 0.05) is 11.9 Å². The van der Waals surface area contributed by atoms with E-state index in [9.17, 15) is 0 Å². The van der Waals surface area contributed by atoms with Gasteiger partial charge in [0.25, 0.3) is 0 Å². The number of halogens is 1. The molecule has 1 heterocycles. The summed E-state index contributed by atoms with van der Waals surface area (Å²) in [6.45, 7) is 5.66. The predicted molar refractivity (Wildman–Crippen MR) is 67.6 cm³/mol. The molecule has 2 unspecified atom stereocenters. The number of nitrogens with zero attached hydrogens (tertiary/aromatic N) is 1. The van der Waals surface area contributed by atoms with Crippen molar-refractivity contribution >= 4 is 11.6 Å². The quantitative estimate of drug-likeness (QED) is 0.559. The molecule has 0 amide bonds. The molecular formula is C12H25ClN2. The van der Waals surface area contributed by atoms with Crippen molar-refractivity contribution in [1.82, 2.24) is 10.2 Å². The van der Waals surface area contributed by atoms with Crippen molar-refractivity contribution in [1.29, 1.82) is 0 Å². The van der Waals surface area contributed by atoms with Crippen LogP contribution in [0, 0.1) is 5.92 Å². The molecule has 1 N–H and O–H groups in total. The van der Waals surface area contributed by atoms with Crippen LogP contribution in [0.4, 0.5) is 0 Å². The summed E-state index contributed by atoms with van der Waals surface area (Å²) in [5, 5.41) is 3.49. The molecule has 1 saturated heterocycles. The van der Waals surface area contributed by atoms with Crippen molar-refractivity contribution in [2.75, 3.05) is 32.6 Å². The Bertz CT molecular complexity index is 164. The number of rotatable bonds is 6. The molecule has 2 atom stereocenters. The summed E-state index contributed by atoms with van der Waals surface area (Å²) in [4.78, 5) is 2.51. The molecule has 1 fully saturated rings. The van der Waals surface area contributed by atoms with E-state index in [0.29, 0.717) is 5.92 Å². The molecule has 0 aliphatic carbocycles. The van der Waals surface area contributed by atoms with Crippen molar-refractivity contribution in [3.8, 4) is 0 Å². The predicted octanol–water partition coefficient (Wildman–Crippen LogP) is 2.33. The minimum Gasteiger partial charge on any atom is -0.316 e. The van der Waals surface area contributed by atoms with Crippen LogP contribution in [-0.4, -0.2) is 43.5 Å². The van der Waals surface area contributed by atoms with Crippen LogP contribution in [0.25, 0.3) is 0 Å². The lowest BCUT2D eigenvalue weighted by atomic mass is 10.0. The van der Waals surface area contributed by atoms with Crippen molar-refractivity contribution in [2.24, 2.45) is 5.92 Å². The topological polar surface area (TPSA) is 15.3 Å². The molecule has 0 spiro atoms. The van der Waals surface area contributed by atoms with Gasteiger partial charge in [-0.1, -0.05) is 13.3 Å². The van der Waals surface area contributed by atoms with Gasteiger partial charge in [-0.3, -0.25) is 0 Å². The van der Waals surface area contributed by atoms with Crippen molar-refractivity contribution in [3.05, 3.63) is 0 Å². The standard InChI is InChI=1S/C12H25ClN2/c1-11(9-13)10-14-7-6-12-5-3-4-8-15(12)2/h11-12,14H,3-10H2,1-2H3. The lowest BCUT2D eigenvalue weighted by molar-refractivity contribution is 0.175. The first-order valence-corrected chi connectivity index (χ1v) is 6.74. The first-order chi connectivity index (χ1) is 7.24. The van der Waals surface area contributed by atoms with E-state index in [1.807, 2.05) is 0 Å². The summed E-state index contributed by atoms with van der Waals surface area (Å²) in [5.41, 5.74) is 0. The lowest BCUT2D eigenvalue weighted by Crippen LogP contribution is -2.38. The highest BCUT2D eigenvalue weighted by molar-refractivity contribution is 6.18. The molecule has 0 bridgehead atoms. The van der Waals surface area contributed by atoms with E-state index in [1.165, 1.54) is 32.2 Å². The fraction of sp³-hybridized carbons (Fsp3) is 1.00. The first-order valence-electron chi connectivity index (χ1n) is 6.21. The van der Waals surface area contributed by atoms with Gasteiger partial charge < -0.3 is 10.2 Å². The summed E-state index contributed by atoms with van der Waals surface area (Å²) in [6.07, 6.45) is 5.45. The summed E-state index contributed by atoms with van der Waals surface area (Å²) < 4.78 is 0. The van der Waals surface area contributed by atoms with E-state index in [-0.39, 0.29) is 0 Å². The Labute approximate surface area is 99.4 Å². The van der Waals surface area contributed by atoms with Crippen LogP contribution in [0.5, 0.6) is 0 Å². The van der Waals surface area contributed by atoms with E-state index in [1.54, 1.807) is 0 Å². The monoisotopic (exact) mass is 232 g/mol. The van der Waals surface area contributed by atoms with Gasteiger partial charge >= 0.3 is 0 Å². The maximum Gasteiger partial charge on any atom is 0.0261 e. The van der Waals surface area contributed by atoms with E-state index in [4.69, 9.17) is 11.6 Å². The number of piperidine rings is 1. The highest BCUT2D eigenvalue weighted by Crippen LogP contribution is 2.16. The highest BCUT2D eigenvalue weighted by Gasteiger charge is 2.17. The molecule has 1 aliphatic rings. The summed E-state index contributed by atoms with van der Waals surface area (Å²) >= 11 is 5.75. The Morgan fingerprint density at radius 3 is 2.93 bits per heavy atom. The van der Waals surface area contributed by atoms with Crippen LogP contribution >= 0.6 is 11.6 Å². The zero-order valence-corrected chi connectivity index (χ0v) is 10.9. The van der Waals surface area contributed by atoms with Gasteiger partial charge in [-0.15, -0.1) is 11.6 Å². The molecule has 1 rings (SSSR count). The maximum absolute atomic E-state index is 5.75. The third-order valence-electron chi connectivity index (χ3n) is 3.33. The molecule has 1 aliphatic heterocycles.